The van der Waals surface area contributed by atoms with Crippen molar-refractivity contribution in [1.82, 2.24) is 9.97 Å². The molecule has 0 radical (unpaired) electrons. The number of halogens is 1. The highest BCUT2D eigenvalue weighted by Gasteiger charge is 2.14. The molecular weight excluding hydrogens is 279 g/mol. The van der Waals surface area contributed by atoms with E-state index in [2.05, 4.69) is 15.3 Å². The molecule has 2 aromatic rings. The van der Waals surface area contributed by atoms with Crippen LogP contribution in [-0.4, -0.2) is 21.4 Å². The summed E-state index contributed by atoms with van der Waals surface area (Å²) in [5.74, 6) is -0.220. The number of nitrogens with zero attached hydrogens (tertiary/aromatic N) is 3. The molecule has 21 heavy (non-hydrogen) atoms. The van der Waals surface area contributed by atoms with Crippen LogP contribution in [0, 0.1) is 15.9 Å². The van der Waals surface area contributed by atoms with Gasteiger partial charge in [-0.1, -0.05) is 6.92 Å². The first-order valence-electron chi connectivity index (χ1n) is 6.29. The molecule has 1 aromatic heterocycles. The van der Waals surface area contributed by atoms with Crippen LogP contribution in [0.5, 0.6) is 11.6 Å². The Kier molecular flexibility index (Phi) is 4.60. The van der Waals surface area contributed by atoms with Gasteiger partial charge in [-0.05, 0) is 12.5 Å². The minimum Gasteiger partial charge on any atom is -0.439 e. The maximum atomic E-state index is 13.5. The van der Waals surface area contributed by atoms with E-state index in [9.17, 15) is 14.5 Å². The Morgan fingerprint density at radius 2 is 2.24 bits per heavy atom. The van der Waals surface area contributed by atoms with Crippen molar-refractivity contribution in [2.24, 2.45) is 0 Å². The molecule has 7 nitrogen and oxygen atoms in total. The highest BCUT2D eigenvalue weighted by Crippen LogP contribution is 2.25. The number of ether oxygens (including phenoxy) is 1. The largest absolute Gasteiger partial charge is 0.439 e. The van der Waals surface area contributed by atoms with E-state index < -0.39 is 16.4 Å². The predicted molar refractivity (Wildman–Crippen MR) is 73.9 cm³/mol. The van der Waals surface area contributed by atoms with Crippen molar-refractivity contribution in [3.63, 3.8) is 0 Å². The standard InChI is InChI=1S/C13H13FN4O3/c1-2-6-15-13-16-7-5-12(17-13)21-9-3-4-11(18(19)20)10(14)8-9/h3-5,7-8H,2,6H2,1H3,(H,15,16,17). The highest BCUT2D eigenvalue weighted by molar-refractivity contribution is 5.39. The zero-order valence-corrected chi connectivity index (χ0v) is 11.2. The van der Waals surface area contributed by atoms with Crippen LogP contribution in [0.3, 0.4) is 0 Å². The van der Waals surface area contributed by atoms with Gasteiger partial charge in [-0.15, -0.1) is 0 Å². The third-order valence-electron chi connectivity index (χ3n) is 2.50. The monoisotopic (exact) mass is 292 g/mol. The van der Waals surface area contributed by atoms with E-state index in [1.165, 1.54) is 18.3 Å². The molecule has 0 saturated carbocycles. The Bertz CT molecular complexity index is 651. The van der Waals surface area contributed by atoms with E-state index in [1.807, 2.05) is 6.92 Å². The van der Waals surface area contributed by atoms with Gasteiger partial charge in [0.2, 0.25) is 17.6 Å². The summed E-state index contributed by atoms with van der Waals surface area (Å²) in [7, 11) is 0. The second-order valence-corrected chi connectivity index (χ2v) is 4.12. The van der Waals surface area contributed by atoms with Crippen molar-refractivity contribution in [1.29, 1.82) is 0 Å². The lowest BCUT2D eigenvalue weighted by molar-refractivity contribution is -0.387. The fourth-order valence-electron chi connectivity index (χ4n) is 1.54. The van der Waals surface area contributed by atoms with Gasteiger partial charge < -0.3 is 10.1 Å². The van der Waals surface area contributed by atoms with Gasteiger partial charge in [-0.2, -0.15) is 9.37 Å². The SMILES string of the molecule is CCCNc1nccc(Oc2ccc([N+](=O)[O-])c(F)c2)n1. The quantitative estimate of drug-likeness (QED) is 0.649. The average molecular weight is 292 g/mol. The van der Waals surface area contributed by atoms with Crippen molar-refractivity contribution in [2.45, 2.75) is 13.3 Å². The van der Waals surface area contributed by atoms with Gasteiger partial charge in [0.05, 0.1) is 4.92 Å². The first-order valence-corrected chi connectivity index (χ1v) is 6.29. The molecule has 0 aliphatic carbocycles. The van der Waals surface area contributed by atoms with E-state index in [4.69, 9.17) is 4.74 Å². The molecule has 8 heteroatoms. The van der Waals surface area contributed by atoms with Gasteiger partial charge >= 0.3 is 5.69 Å². The first-order chi connectivity index (χ1) is 10.1. The Morgan fingerprint density at radius 3 is 2.90 bits per heavy atom. The maximum Gasteiger partial charge on any atom is 0.305 e. The molecule has 0 spiro atoms. The fraction of sp³-hybridized carbons (Fsp3) is 0.231. The number of hydrogen-bond acceptors (Lipinski definition) is 6. The lowest BCUT2D eigenvalue weighted by Crippen LogP contribution is -2.04. The van der Waals surface area contributed by atoms with E-state index in [0.29, 0.717) is 5.95 Å². The highest BCUT2D eigenvalue weighted by atomic mass is 19.1. The molecule has 1 N–H and O–H groups in total. The number of benzene rings is 1. The summed E-state index contributed by atoms with van der Waals surface area (Å²) in [4.78, 5) is 17.8. The fourth-order valence-corrected chi connectivity index (χ4v) is 1.54. The number of nitro benzene ring substituents is 1. The lowest BCUT2D eigenvalue weighted by atomic mass is 10.3. The van der Waals surface area contributed by atoms with Crippen molar-refractivity contribution in [3.05, 3.63) is 46.4 Å². The van der Waals surface area contributed by atoms with Crippen molar-refractivity contribution >= 4 is 11.6 Å². The molecule has 0 unspecified atom stereocenters. The Balaban J connectivity index is 2.14. The summed E-state index contributed by atoms with van der Waals surface area (Å²) in [6, 6.07) is 4.81. The van der Waals surface area contributed by atoms with Crippen LogP contribution in [0.15, 0.2) is 30.5 Å². The number of nitrogens with one attached hydrogen (secondary N) is 1. The molecule has 2 rings (SSSR count). The van der Waals surface area contributed by atoms with Crippen molar-refractivity contribution < 1.29 is 14.1 Å². The number of anilines is 1. The molecule has 0 aliphatic rings. The molecule has 0 saturated heterocycles. The maximum absolute atomic E-state index is 13.5. The summed E-state index contributed by atoms with van der Waals surface area (Å²) in [6.45, 7) is 2.72. The van der Waals surface area contributed by atoms with Crippen LogP contribution in [0.4, 0.5) is 16.0 Å². The predicted octanol–water partition coefficient (Wildman–Crippen LogP) is 3.14. The third kappa shape index (κ3) is 3.85. The van der Waals surface area contributed by atoms with Crippen molar-refractivity contribution in [3.8, 4) is 11.6 Å². The normalized spacial score (nSPS) is 10.2. The zero-order chi connectivity index (χ0) is 15.2. The Labute approximate surface area is 120 Å². The number of nitro groups is 1. The lowest BCUT2D eigenvalue weighted by Gasteiger charge is -2.07. The van der Waals surface area contributed by atoms with Gasteiger partial charge in [-0.25, -0.2) is 4.98 Å². The smallest absolute Gasteiger partial charge is 0.305 e. The van der Waals surface area contributed by atoms with Gasteiger partial charge in [0.1, 0.15) is 5.75 Å². The summed E-state index contributed by atoms with van der Waals surface area (Å²) in [6.07, 6.45) is 2.42. The minimum atomic E-state index is -0.962. The number of rotatable bonds is 6. The minimum absolute atomic E-state index is 0.123. The van der Waals surface area contributed by atoms with Crippen LogP contribution >= 0.6 is 0 Å². The summed E-state index contributed by atoms with van der Waals surface area (Å²) in [5, 5.41) is 13.5. The summed E-state index contributed by atoms with van der Waals surface area (Å²) in [5.41, 5.74) is -0.602. The second kappa shape index (κ2) is 6.60. The van der Waals surface area contributed by atoms with Gasteiger partial charge in [0.25, 0.3) is 0 Å². The van der Waals surface area contributed by atoms with Gasteiger partial charge in [0, 0.05) is 30.9 Å². The van der Waals surface area contributed by atoms with Crippen LogP contribution in [0.25, 0.3) is 0 Å². The molecule has 0 bridgehead atoms. The molecule has 0 amide bonds. The molecule has 110 valence electrons. The van der Waals surface area contributed by atoms with E-state index in [0.717, 1.165) is 25.1 Å². The van der Waals surface area contributed by atoms with Crippen LogP contribution in [0.1, 0.15) is 13.3 Å². The molecular formula is C13H13FN4O3. The van der Waals surface area contributed by atoms with Crippen LogP contribution in [0.2, 0.25) is 0 Å². The Morgan fingerprint density at radius 1 is 1.43 bits per heavy atom. The number of hydrogen-bond donors (Lipinski definition) is 1. The molecule has 0 aliphatic heterocycles. The van der Waals surface area contributed by atoms with Gasteiger partial charge in [0.15, 0.2) is 0 Å². The Hall–Kier alpha value is -2.77. The summed E-state index contributed by atoms with van der Waals surface area (Å²) < 4.78 is 18.8. The zero-order valence-electron chi connectivity index (χ0n) is 11.2. The molecule has 1 aromatic carbocycles. The average Bonchev–Trinajstić information content (AvgIpc) is 2.45. The molecule has 0 fully saturated rings. The van der Waals surface area contributed by atoms with Crippen LogP contribution in [-0.2, 0) is 0 Å². The second-order valence-electron chi connectivity index (χ2n) is 4.12. The first kappa shape index (κ1) is 14.6. The number of aromatic nitrogens is 2. The van der Waals surface area contributed by atoms with E-state index in [-0.39, 0.29) is 11.6 Å². The van der Waals surface area contributed by atoms with Gasteiger partial charge in [-0.3, -0.25) is 10.1 Å². The van der Waals surface area contributed by atoms with Crippen molar-refractivity contribution in [2.75, 3.05) is 11.9 Å². The molecule has 1 heterocycles. The van der Waals surface area contributed by atoms with E-state index in [1.54, 1.807) is 0 Å². The molecule has 0 atom stereocenters. The third-order valence-corrected chi connectivity index (χ3v) is 2.50. The topological polar surface area (TPSA) is 90.2 Å². The van der Waals surface area contributed by atoms with E-state index >= 15 is 0 Å². The summed E-state index contributed by atoms with van der Waals surface area (Å²) >= 11 is 0. The van der Waals surface area contributed by atoms with Crippen LogP contribution < -0.4 is 10.1 Å².